The zero-order valence-corrected chi connectivity index (χ0v) is 16.8. The molecule has 2 aromatic carbocycles. The Kier molecular flexibility index (Phi) is 5.89. The molecule has 152 valence electrons. The Hall–Kier alpha value is -3.87. The SMILES string of the molecule is COc1ccc(CCNc2cc(-c3cccc(-c4ccno4)c3)nc(OC)n2)cc1. The van der Waals surface area contributed by atoms with Crippen molar-refractivity contribution in [3.05, 3.63) is 72.4 Å². The fourth-order valence-electron chi connectivity index (χ4n) is 3.08. The molecule has 0 aliphatic carbocycles. The van der Waals surface area contributed by atoms with Crippen molar-refractivity contribution in [2.45, 2.75) is 6.42 Å². The minimum atomic E-state index is 0.310. The van der Waals surface area contributed by atoms with Crippen LogP contribution in [0.4, 0.5) is 5.82 Å². The van der Waals surface area contributed by atoms with E-state index in [0.717, 1.165) is 35.5 Å². The monoisotopic (exact) mass is 402 g/mol. The van der Waals surface area contributed by atoms with Crippen LogP contribution in [-0.4, -0.2) is 35.9 Å². The van der Waals surface area contributed by atoms with E-state index in [1.165, 1.54) is 5.56 Å². The summed E-state index contributed by atoms with van der Waals surface area (Å²) in [5.41, 5.74) is 3.83. The maximum Gasteiger partial charge on any atom is 0.318 e. The molecule has 7 heteroatoms. The van der Waals surface area contributed by atoms with Gasteiger partial charge in [-0.1, -0.05) is 35.5 Å². The third-order valence-corrected chi connectivity index (χ3v) is 4.65. The minimum Gasteiger partial charge on any atom is -0.497 e. The highest BCUT2D eigenvalue weighted by molar-refractivity contribution is 5.70. The van der Waals surface area contributed by atoms with E-state index in [1.807, 2.05) is 48.5 Å². The molecule has 0 amide bonds. The average Bonchev–Trinajstić information content (AvgIpc) is 3.34. The standard InChI is InChI=1S/C23H22N4O3/c1-28-19-8-6-16(7-9-19)10-12-24-22-15-20(26-23(27-22)29-2)17-4-3-5-18(14-17)21-11-13-25-30-21/h3-9,11,13-15H,10,12H2,1-2H3,(H,24,26,27). The van der Waals surface area contributed by atoms with Gasteiger partial charge in [-0.3, -0.25) is 0 Å². The molecule has 0 saturated heterocycles. The van der Waals surface area contributed by atoms with Crippen LogP contribution in [-0.2, 0) is 6.42 Å². The van der Waals surface area contributed by atoms with E-state index in [1.54, 1.807) is 20.4 Å². The number of aromatic nitrogens is 3. The number of rotatable bonds is 8. The maximum absolute atomic E-state index is 5.30. The van der Waals surface area contributed by atoms with Crippen LogP contribution in [0.25, 0.3) is 22.6 Å². The molecule has 4 rings (SSSR count). The van der Waals surface area contributed by atoms with Crippen LogP contribution in [0.5, 0.6) is 11.8 Å². The Morgan fingerprint density at radius 3 is 2.47 bits per heavy atom. The summed E-state index contributed by atoms with van der Waals surface area (Å²) in [7, 11) is 3.23. The summed E-state index contributed by atoms with van der Waals surface area (Å²) in [6.45, 7) is 0.726. The van der Waals surface area contributed by atoms with Crippen LogP contribution in [0.1, 0.15) is 5.56 Å². The molecule has 30 heavy (non-hydrogen) atoms. The van der Waals surface area contributed by atoms with Crippen LogP contribution < -0.4 is 14.8 Å². The summed E-state index contributed by atoms with van der Waals surface area (Å²) >= 11 is 0. The smallest absolute Gasteiger partial charge is 0.318 e. The molecule has 7 nitrogen and oxygen atoms in total. The third-order valence-electron chi connectivity index (χ3n) is 4.65. The largest absolute Gasteiger partial charge is 0.497 e. The molecule has 0 spiro atoms. The molecule has 0 bridgehead atoms. The predicted molar refractivity (Wildman–Crippen MR) is 115 cm³/mol. The molecular weight excluding hydrogens is 380 g/mol. The van der Waals surface area contributed by atoms with Gasteiger partial charge in [0.15, 0.2) is 5.76 Å². The molecular formula is C23H22N4O3. The van der Waals surface area contributed by atoms with E-state index >= 15 is 0 Å². The van der Waals surface area contributed by atoms with Crippen molar-refractivity contribution < 1.29 is 14.0 Å². The van der Waals surface area contributed by atoms with Gasteiger partial charge in [0.25, 0.3) is 0 Å². The summed E-state index contributed by atoms with van der Waals surface area (Å²) in [5, 5.41) is 7.13. The number of hydrogen-bond donors (Lipinski definition) is 1. The molecule has 1 N–H and O–H groups in total. The summed E-state index contributed by atoms with van der Waals surface area (Å²) < 4.78 is 15.8. The summed E-state index contributed by atoms with van der Waals surface area (Å²) in [6.07, 6.45) is 2.48. The molecule has 0 fully saturated rings. The number of nitrogens with one attached hydrogen (secondary N) is 1. The van der Waals surface area contributed by atoms with E-state index in [4.69, 9.17) is 14.0 Å². The Bertz CT molecular complexity index is 1100. The van der Waals surface area contributed by atoms with Gasteiger partial charge in [-0.15, -0.1) is 0 Å². The van der Waals surface area contributed by atoms with E-state index in [-0.39, 0.29) is 0 Å². The molecule has 2 aromatic heterocycles. The summed E-state index contributed by atoms with van der Waals surface area (Å²) in [6, 6.07) is 20.0. The van der Waals surface area contributed by atoms with E-state index in [9.17, 15) is 0 Å². The second kappa shape index (κ2) is 9.09. The zero-order valence-electron chi connectivity index (χ0n) is 16.8. The lowest BCUT2D eigenvalue weighted by molar-refractivity contribution is 0.381. The van der Waals surface area contributed by atoms with Crippen molar-refractivity contribution in [3.8, 4) is 34.3 Å². The first-order chi connectivity index (χ1) is 14.7. The van der Waals surface area contributed by atoms with Gasteiger partial charge in [-0.2, -0.15) is 9.97 Å². The number of ether oxygens (including phenoxy) is 2. The van der Waals surface area contributed by atoms with E-state index < -0.39 is 0 Å². The predicted octanol–water partition coefficient (Wildman–Crippen LogP) is 4.47. The van der Waals surface area contributed by atoms with Gasteiger partial charge < -0.3 is 19.3 Å². The van der Waals surface area contributed by atoms with Crippen LogP contribution in [0.2, 0.25) is 0 Å². The number of nitrogens with zero attached hydrogens (tertiary/aromatic N) is 3. The normalized spacial score (nSPS) is 10.6. The molecule has 0 atom stereocenters. The molecule has 0 saturated carbocycles. The number of anilines is 1. The molecule has 4 aromatic rings. The molecule has 0 unspecified atom stereocenters. The van der Waals surface area contributed by atoms with Gasteiger partial charge in [0.05, 0.1) is 26.1 Å². The minimum absolute atomic E-state index is 0.310. The lowest BCUT2D eigenvalue weighted by Gasteiger charge is -2.10. The van der Waals surface area contributed by atoms with Gasteiger partial charge in [0.2, 0.25) is 0 Å². The molecule has 2 heterocycles. The van der Waals surface area contributed by atoms with Gasteiger partial charge in [0, 0.05) is 29.8 Å². The second-order valence-electron chi connectivity index (χ2n) is 6.61. The first-order valence-corrected chi connectivity index (χ1v) is 9.56. The van der Waals surface area contributed by atoms with Gasteiger partial charge >= 0.3 is 6.01 Å². The van der Waals surface area contributed by atoms with Gasteiger partial charge in [-0.25, -0.2) is 0 Å². The lowest BCUT2D eigenvalue weighted by Crippen LogP contribution is -2.08. The van der Waals surface area contributed by atoms with E-state index in [2.05, 4.69) is 32.6 Å². The van der Waals surface area contributed by atoms with Crippen molar-refractivity contribution in [2.75, 3.05) is 26.1 Å². The second-order valence-corrected chi connectivity index (χ2v) is 6.61. The molecule has 0 radical (unpaired) electrons. The van der Waals surface area contributed by atoms with Gasteiger partial charge in [-0.05, 0) is 30.2 Å². The third kappa shape index (κ3) is 4.57. The number of methoxy groups -OCH3 is 2. The molecule has 0 aliphatic heterocycles. The topological polar surface area (TPSA) is 82.3 Å². The zero-order chi connectivity index (χ0) is 20.8. The van der Waals surface area contributed by atoms with Gasteiger partial charge in [0.1, 0.15) is 11.6 Å². The average molecular weight is 402 g/mol. The number of hydrogen-bond acceptors (Lipinski definition) is 7. The lowest BCUT2D eigenvalue weighted by atomic mass is 10.1. The van der Waals surface area contributed by atoms with E-state index in [0.29, 0.717) is 17.6 Å². The fraction of sp³-hybridized carbons (Fsp3) is 0.174. The van der Waals surface area contributed by atoms with Crippen LogP contribution >= 0.6 is 0 Å². The van der Waals surface area contributed by atoms with Crippen molar-refractivity contribution in [2.24, 2.45) is 0 Å². The Balaban J connectivity index is 1.51. The first kappa shape index (κ1) is 19.4. The quantitative estimate of drug-likeness (QED) is 0.465. The van der Waals surface area contributed by atoms with Crippen molar-refractivity contribution in [1.82, 2.24) is 15.1 Å². The van der Waals surface area contributed by atoms with Crippen molar-refractivity contribution in [3.63, 3.8) is 0 Å². The van der Waals surface area contributed by atoms with Crippen LogP contribution in [0.3, 0.4) is 0 Å². The maximum atomic E-state index is 5.30. The fourth-order valence-corrected chi connectivity index (χ4v) is 3.08. The highest BCUT2D eigenvalue weighted by atomic mass is 16.5. The highest BCUT2D eigenvalue weighted by Crippen LogP contribution is 2.27. The Labute approximate surface area is 174 Å². The number of benzene rings is 2. The molecule has 0 aliphatic rings. The highest BCUT2D eigenvalue weighted by Gasteiger charge is 2.10. The van der Waals surface area contributed by atoms with Crippen LogP contribution in [0, 0.1) is 0 Å². The summed E-state index contributed by atoms with van der Waals surface area (Å²) in [5.74, 6) is 2.26. The first-order valence-electron chi connectivity index (χ1n) is 9.56. The Morgan fingerprint density at radius 1 is 0.900 bits per heavy atom. The van der Waals surface area contributed by atoms with Crippen LogP contribution in [0.15, 0.2) is 71.4 Å². The van der Waals surface area contributed by atoms with Crippen molar-refractivity contribution in [1.29, 1.82) is 0 Å². The van der Waals surface area contributed by atoms with Crippen molar-refractivity contribution >= 4 is 5.82 Å². The summed E-state index contributed by atoms with van der Waals surface area (Å²) in [4.78, 5) is 8.91. The Morgan fingerprint density at radius 2 is 1.73 bits per heavy atom.